The van der Waals surface area contributed by atoms with Gasteiger partial charge in [0.15, 0.2) is 17.9 Å². The first-order valence-corrected chi connectivity index (χ1v) is 27.7. The maximum absolute atomic E-state index is 14.1. The van der Waals surface area contributed by atoms with Gasteiger partial charge in [-0.1, -0.05) is 20.8 Å². The molecule has 83 heavy (non-hydrogen) atoms. The number of hydrogen-bond acceptors (Lipinski definition) is 19. The molecule has 5 atom stereocenters. The lowest BCUT2D eigenvalue weighted by molar-refractivity contribution is -0.156. The van der Waals surface area contributed by atoms with Gasteiger partial charge >= 0.3 is 5.97 Å². The van der Waals surface area contributed by atoms with Gasteiger partial charge in [-0.15, -0.1) is 0 Å². The Morgan fingerprint density at radius 2 is 1.29 bits per heavy atom. The first-order valence-electron chi connectivity index (χ1n) is 27.7. The number of nitrogens with zero attached hydrogens (tertiary/aromatic N) is 5. The third-order valence-electron chi connectivity index (χ3n) is 13.9. The summed E-state index contributed by atoms with van der Waals surface area (Å²) < 4.78 is 47.6. The number of aliphatic carboxylic acids is 1. The van der Waals surface area contributed by atoms with E-state index < -0.39 is 78.1 Å². The Hall–Kier alpha value is -6.34. The number of carboxylic acids is 1. The van der Waals surface area contributed by atoms with E-state index in [4.69, 9.17) is 49.3 Å². The van der Waals surface area contributed by atoms with Crippen molar-refractivity contribution in [2.75, 3.05) is 105 Å². The van der Waals surface area contributed by atoms with Crippen LogP contribution >= 0.6 is 0 Å². The standard InChI is InChI=1S/C55H82FN9O18/c1-54(2,3)38-30-39(34-6-10-36(56)11-7-34)62-65-32-41(61-49(38)65)53(77)64-17-16-63(33-55(64,4)5)52(76)35-8-12-37(13-9-35)59-51(75)47(72)45(70)44(69)46(71)50(74)58-15-19-79-21-23-81-25-27-83-29-28-82-26-24-80-22-20-78-18-14-42(66)60-40(48(57)73)31-43(67)68/h6-7,10-11,30,32,35,37,40,44-47,69-72H,8-9,12-29,31,33H2,1-5H3,(H2,57,73)(H,58,74)(H,59,75)(H,60,66)(H,67,68). The lowest BCUT2D eigenvalue weighted by Gasteiger charge is -2.47. The number of carboxylic acid groups (broad SMARTS) is 1. The second kappa shape index (κ2) is 32.6. The third-order valence-corrected chi connectivity index (χ3v) is 13.9. The van der Waals surface area contributed by atoms with Gasteiger partial charge in [-0.3, -0.25) is 33.6 Å². The van der Waals surface area contributed by atoms with Crippen molar-refractivity contribution in [3.63, 3.8) is 0 Å². The minimum absolute atomic E-state index is 0.0157. The average Bonchev–Trinajstić information content (AvgIpc) is 2.79. The minimum Gasteiger partial charge on any atom is -0.481 e. The zero-order valence-electron chi connectivity index (χ0n) is 47.8. The van der Waals surface area contributed by atoms with Gasteiger partial charge in [-0.25, -0.2) is 13.9 Å². The second-order valence-corrected chi connectivity index (χ2v) is 21.9. The van der Waals surface area contributed by atoms with Crippen LogP contribution in [-0.4, -0.2) is 239 Å². The van der Waals surface area contributed by atoms with E-state index in [0.29, 0.717) is 82.2 Å². The number of carbonyl (C=O) groups excluding carboxylic acids is 6. The number of benzene rings is 1. The largest absolute Gasteiger partial charge is 0.481 e. The Morgan fingerprint density at radius 3 is 1.81 bits per heavy atom. The molecule has 10 N–H and O–H groups in total. The molecule has 28 heteroatoms. The molecule has 1 aliphatic carbocycles. The molecule has 2 fully saturated rings. The molecule has 0 spiro atoms. The van der Waals surface area contributed by atoms with Crippen LogP contribution in [0.4, 0.5) is 4.39 Å². The number of amides is 6. The van der Waals surface area contributed by atoms with E-state index in [1.165, 1.54) is 12.1 Å². The van der Waals surface area contributed by atoms with Crippen LogP contribution in [0, 0.1) is 11.7 Å². The molecule has 1 aliphatic heterocycles. The number of nitrogens with two attached hydrogens (primary N) is 1. The Labute approximate surface area is 480 Å². The highest BCUT2D eigenvalue weighted by Crippen LogP contribution is 2.33. The van der Waals surface area contributed by atoms with Gasteiger partial charge in [0.2, 0.25) is 17.7 Å². The monoisotopic (exact) mass is 1180 g/mol. The molecule has 27 nitrogen and oxygen atoms in total. The summed E-state index contributed by atoms with van der Waals surface area (Å²) in [7, 11) is 0. The number of aromatic nitrogens is 3. The van der Waals surface area contributed by atoms with E-state index in [1.807, 2.05) is 40.7 Å². The summed E-state index contributed by atoms with van der Waals surface area (Å²) in [6.45, 7) is 13.3. The number of aliphatic hydroxyl groups is 4. The SMILES string of the molecule is CC(C)(C)c1cc(-c2ccc(F)cc2)nn2cc(C(=O)N3CCN(C(=O)C4CCC(NC(=O)C(O)C(O)C(O)C(O)C(=O)NCCOCCOCCOCCOCCOCCOCCC(=O)NC(CC(=O)O)C(N)=O)CC4)CC3(C)C)nc12. The average molecular weight is 1180 g/mol. The van der Waals surface area contributed by atoms with Crippen molar-refractivity contribution in [3.05, 3.63) is 53.6 Å². The highest BCUT2D eigenvalue weighted by Gasteiger charge is 2.43. The van der Waals surface area contributed by atoms with Crippen LogP contribution in [-0.2, 0) is 62.6 Å². The molecule has 2 aromatic heterocycles. The number of primary amides is 1. The van der Waals surface area contributed by atoms with Crippen LogP contribution in [0.2, 0.25) is 0 Å². The van der Waals surface area contributed by atoms with E-state index >= 15 is 0 Å². The summed E-state index contributed by atoms with van der Waals surface area (Å²) in [5.74, 6) is -5.99. The number of imidazole rings is 1. The fraction of sp³-hybridized carbons (Fsp3) is 0.655. The normalized spacial score (nSPS) is 18.2. The Balaban J connectivity index is 0.881. The van der Waals surface area contributed by atoms with Crippen LogP contribution in [0.3, 0.4) is 0 Å². The summed E-state index contributed by atoms with van der Waals surface area (Å²) >= 11 is 0. The molecule has 5 unspecified atom stereocenters. The van der Waals surface area contributed by atoms with Gasteiger partial charge in [-0.2, -0.15) is 5.10 Å². The minimum atomic E-state index is -2.22. The van der Waals surface area contributed by atoms with Crippen LogP contribution < -0.4 is 21.7 Å². The summed E-state index contributed by atoms with van der Waals surface area (Å²) in [5, 5.41) is 62.8. The molecule has 0 bridgehead atoms. The van der Waals surface area contributed by atoms with Crippen LogP contribution in [0.15, 0.2) is 36.5 Å². The quantitative estimate of drug-likeness (QED) is 0.0326. The number of rotatable bonds is 34. The summed E-state index contributed by atoms with van der Waals surface area (Å²) in [4.78, 5) is 95.6. The maximum atomic E-state index is 14.1. The number of hydrogen-bond donors (Lipinski definition) is 9. The first kappa shape index (κ1) is 67.5. The van der Waals surface area contributed by atoms with Crippen LogP contribution in [0.1, 0.15) is 89.2 Å². The second-order valence-electron chi connectivity index (χ2n) is 21.9. The molecule has 462 valence electrons. The molecule has 5 rings (SSSR count). The van der Waals surface area contributed by atoms with E-state index in [0.717, 1.165) is 5.56 Å². The molecule has 6 amide bonds. The van der Waals surface area contributed by atoms with Crippen LogP contribution in [0.25, 0.3) is 16.9 Å². The van der Waals surface area contributed by atoms with E-state index in [2.05, 4.69) is 16.0 Å². The molecular formula is C55H82FN9O18. The Bertz CT molecular complexity index is 2610. The van der Waals surface area contributed by atoms with Gasteiger partial charge in [0.05, 0.1) is 103 Å². The van der Waals surface area contributed by atoms with Crippen molar-refractivity contribution in [3.8, 4) is 11.3 Å². The zero-order valence-corrected chi connectivity index (χ0v) is 47.8. The van der Waals surface area contributed by atoms with Crippen molar-refractivity contribution < 1.29 is 91.9 Å². The molecule has 3 heterocycles. The highest BCUT2D eigenvalue weighted by atomic mass is 19.1. The Kier molecular flexibility index (Phi) is 26.5. The predicted molar refractivity (Wildman–Crippen MR) is 293 cm³/mol. The molecule has 0 radical (unpaired) electrons. The van der Waals surface area contributed by atoms with Gasteiger partial charge in [0.25, 0.3) is 17.7 Å². The van der Waals surface area contributed by atoms with Gasteiger partial charge in [0, 0.05) is 55.7 Å². The molecule has 3 aromatic rings. The molecule has 1 aromatic carbocycles. The third kappa shape index (κ3) is 21.0. The fourth-order valence-corrected chi connectivity index (χ4v) is 9.35. The summed E-state index contributed by atoms with van der Waals surface area (Å²) in [6.07, 6.45) is -6.34. The number of nitrogens with one attached hydrogen (secondary N) is 3. The first-order chi connectivity index (χ1) is 39.4. The lowest BCUT2D eigenvalue weighted by atomic mass is 9.84. The van der Waals surface area contributed by atoms with Crippen molar-refractivity contribution in [1.29, 1.82) is 0 Å². The van der Waals surface area contributed by atoms with Crippen LogP contribution in [0.5, 0.6) is 0 Å². The van der Waals surface area contributed by atoms with E-state index in [-0.39, 0.29) is 107 Å². The van der Waals surface area contributed by atoms with Crippen molar-refractivity contribution >= 4 is 47.1 Å². The zero-order chi connectivity index (χ0) is 60.9. The number of piperazine rings is 1. The maximum Gasteiger partial charge on any atom is 0.305 e. The van der Waals surface area contributed by atoms with Gasteiger partial charge in [0.1, 0.15) is 29.8 Å². The number of halogens is 1. The molecule has 1 saturated carbocycles. The van der Waals surface area contributed by atoms with Crippen molar-refractivity contribution in [2.24, 2.45) is 11.7 Å². The predicted octanol–water partition coefficient (Wildman–Crippen LogP) is -0.935. The molecule has 1 saturated heterocycles. The molecule has 2 aliphatic rings. The number of carbonyl (C=O) groups is 7. The van der Waals surface area contributed by atoms with Crippen molar-refractivity contribution in [2.45, 2.75) is 121 Å². The smallest absolute Gasteiger partial charge is 0.305 e. The highest BCUT2D eigenvalue weighted by molar-refractivity contribution is 5.94. The topological polar surface area (TPSA) is 375 Å². The lowest BCUT2D eigenvalue weighted by Crippen LogP contribution is -2.62. The van der Waals surface area contributed by atoms with Crippen molar-refractivity contribution in [1.82, 2.24) is 40.3 Å². The summed E-state index contributed by atoms with van der Waals surface area (Å²) in [5.41, 5.74) is 6.86. The van der Waals surface area contributed by atoms with Gasteiger partial charge < -0.3 is 85.4 Å². The van der Waals surface area contributed by atoms with E-state index in [1.54, 1.807) is 32.6 Å². The van der Waals surface area contributed by atoms with E-state index in [9.17, 15) is 58.4 Å². The van der Waals surface area contributed by atoms with Gasteiger partial charge in [-0.05, 0) is 75.3 Å². The number of aliphatic hydroxyl groups excluding tert-OH is 4. The Morgan fingerprint density at radius 1 is 0.759 bits per heavy atom. The number of ether oxygens (including phenoxy) is 6. The fourth-order valence-electron chi connectivity index (χ4n) is 9.35. The molecular weight excluding hydrogens is 1090 g/mol. The summed E-state index contributed by atoms with van der Waals surface area (Å²) in [6, 6.07) is 6.17. The number of fused-ring (bicyclic) bond motifs is 1.